The second kappa shape index (κ2) is 21.0. The van der Waals surface area contributed by atoms with Crippen LogP contribution in [0, 0.1) is 10.8 Å². The lowest BCUT2D eigenvalue weighted by Crippen LogP contribution is -2.68. The van der Waals surface area contributed by atoms with E-state index in [1.807, 2.05) is 61.3 Å². The van der Waals surface area contributed by atoms with Gasteiger partial charge >= 0.3 is 5.97 Å². The van der Waals surface area contributed by atoms with E-state index in [2.05, 4.69) is 105 Å². The fraction of sp³-hybridized carbons (Fsp3) is 0.540. The lowest BCUT2D eigenvalue weighted by atomic mass is 9.70. The van der Waals surface area contributed by atoms with Crippen LogP contribution in [0.5, 0.6) is 5.75 Å². The fourth-order valence-electron chi connectivity index (χ4n) is 8.99. The first-order valence-corrected chi connectivity index (χ1v) is 24.3. The molecule has 1 N–H and O–H groups in total. The molecule has 0 saturated carbocycles. The van der Waals surface area contributed by atoms with Gasteiger partial charge in [0.15, 0.2) is 5.79 Å². The summed E-state index contributed by atoms with van der Waals surface area (Å²) in [5.41, 5.74) is 1.19. The quantitative estimate of drug-likeness (QED) is 0.0760. The molecule has 0 spiro atoms. The summed E-state index contributed by atoms with van der Waals surface area (Å²) in [4.78, 5) is 15.4. The molecule has 5 rings (SSSR count). The van der Waals surface area contributed by atoms with E-state index in [-0.39, 0.29) is 47.8 Å². The molecule has 11 heteroatoms. The Morgan fingerprint density at radius 3 is 2.07 bits per heavy atom. The molecule has 2 heterocycles. The number of aliphatic hydroxyl groups is 1. The number of carbonyl (C=O) groups excluding carboxylic acids is 1. The lowest BCUT2D eigenvalue weighted by molar-refractivity contribution is -0.362. The first-order chi connectivity index (χ1) is 28.9. The summed E-state index contributed by atoms with van der Waals surface area (Å²) < 4.78 is 46.2. The van der Waals surface area contributed by atoms with Crippen LogP contribution in [0.25, 0.3) is 0 Å². The lowest BCUT2D eigenvalue weighted by Gasteiger charge is -2.56. The molecule has 9 nitrogen and oxygen atoms in total. The number of benzene rings is 3. The van der Waals surface area contributed by atoms with Gasteiger partial charge in [-0.05, 0) is 57.4 Å². The highest BCUT2D eigenvalue weighted by atomic mass is 79.9. The zero-order chi connectivity index (χ0) is 44.5. The minimum absolute atomic E-state index is 0.0334. The number of esters is 1. The van der Waals surface area contributed by atoms with Crippen molar-refractivity contribution in [3.63, 3.8) is 0 Å². The minimum atomic E-state index is -3.10. The molecule has 334 valence electrons. The Morgan fingerprint density at radius 2 is 1.54 bits per heavy atom. The van der Waals surface area contributed by atoms with Crippen molar-refractivity contribution in [1.82, 2.24) is 0 Å². The van der Waals surface area contributed by atoms with Gasteiger partial charge in [-0.2, -0.15) is 0 Å². The first-order valence-electron chi connectivity index (χ1n) is 21.5. The van der Waals surface area contributed by atoms with Gasteiger partial charge in [0.2, 0.25) is 0 Å². The summed E-state index contributed by atoms with van der Waals surface area (Å²) >= 11 is 3.62. The van der Waals surface area contributed by atoms with Crippen molar-refractivity contribution in [3.05, 3.63) is 113 Å². The van der Waals surface area contributed by atoms with Gasteiger partial charge in [0.05, 0.1) is 64.4 Å². The minimum Gasteiger partial charge on any atom is -0.497 e. The van der Waals surface area contributed by atoms with E-state index in [4.69, 9.17) is 32.8 Å². The maximum Gasteiger partial charge on any atom is 0.308 e. The Hall–Kier alpha value is -3.13. The van der Waals surface area contributed by atoms with Gasteiger partial charge in [-0.15, -0.1) is 0 Å². The van der Waals surface area contributed by atoms with Crippen molar-refractivity contribution >= 4 is 40.6 Å². The van der Waals surface area contributed by atoms with Crippen LogP contribution in [0.4, 0.5) is 0 Å². The maximum absolute atomic E-state index is 13.4. The van der Waals surface area contributed by atoms with Gasteiger partial charge in [-0.25, -0.2) is 0 Å². The number of carbonyl (C=O) groups is 1. The predicted molar refractivity (Wildman–Crippen MR) is 248 cm³/mol. The van der Waals surface area contributed by atoms with Crippen molar-refractivity contribution in [2.75, 3.05) is 27.9 Å². The van der Waals surface area contributed by atoms with Crippen LogP contribution < -0.4 is 15.1 Å². The van der Waals surface area contributed by atoms with Gasteiger partial charge in [0.1, 0.15) is 5.75 Å². The third-order valence-corrected chi connectivity index (χ3v) is 18.3. The highest BCUT2D eigenvalue weighted by Gasteiger charge is 2.59. The average molecular weight is 922 g/mol. The third-order valence-electron chi connectivity index (χ3n) is 12.6. The van der Waals surface area contributed by atoms with Crippen LogP contribution in [-0.4, -0.2) is 83.6 Å². The number of hydrogen-bond acceptors (Lipinski definition) is 9. The molecule has 3 aromatic carbocycles. The number of methoxy groups -OCH3 is 3. The van der Waals surface area contributed by atoms with Crippen molar-refractivity contribution in [2.24, 2.45) is 10.8 Å². The molecule has 2 fully saturated rings. The Labute approximate surface area is 374 Å². The van der Waals surface area contributed by atoms with Gasteiger partial charge in [-0.3, -0.25) is 4.79 Å². The molecular weight excluding hydrogens is 853 g/mol. The molecule has 2 saturated heterocycles. The molecular formula is C50H69BrO9Si. The zero-order valence-corrected chi connectivity index (χ0v) is 40.5. The molecule has 0 aromatic heterocycles. The molecule has 2 aliphatic heterocycles. The van der Waals surface area contributed by atoms with E-state index in [1.54, 1.807) is 14.2 Å². The summed E-state index contributed by atoms with van der Waals surface area (Å²) in [5.74, 6) is -0.729. The standard InChI is InChI=1S/C50H69BrO9Si/c1-47(2,3)61(43-17-13-11-14-18-43,44-19-15-12-16-20-44)60-41(31-46(53)55-9)29-40-30-45(57-34-36-21-23-38(54-8)24-22-36)49(6,7)50(56-10,59-40)32-42-28-37(33-51)27-39(58-42)25-26-48(4,5)35-52/h11-26,33,39-42,45,52H,27-32,34-35H2,1-10H3/b26-25+,37-33+/t39-,40+,41+,42-,45-,50-/m0/s1. The molecule has 0 radical (unpaired) electrons. The summed E-state index contributed by atoms with van der Waals surface area (Å²) in [6.45, 7) is 15.4. The van der Waals surface area contributed by atoms with Crippen molar-refractivity contribution in [3.8, 4) is 5.75 Å². The van der Waals surface area contributed by atoms with E-state index < -0.39 is 31.7 Å². The molecule has 0 aliphatic carbocycles. The molecule has 0 amide bonds. The monoisotopic (exact) mass is 920 g/mol. The van der Waals surface area contributed by atoms with Crippen LogP contribution in [0.3, 0.4) is 0 Å². The van der Waals surface area contributed by atoms with Gasteiger partial charge < -0.3 is 38.0 Å². The summed E-state index contributed by atoms with van der Waals surface area (Å²) in [6, 6.07) is 28.9. The smallest absolute Gasteiger partial charge is 0.308 e. The SMILES string of the molecule is COC(=O)C[C@@H](C[C@@H]1C[C@H](OCc2ccc(OC)cc2)C(C)(C)[C@@](C[C@@H]2C/C(=C/Br)C[C@H](/C=C/C(C)(C)CO)O2)(OC)O1)O[Si](c1ccccc1)(c1ccccc1)C(C)(C)C. The largest absolute Gasteiger partial charge is 0.497 e. The first kappa shape index (κ1) is 48.9. The highest BCUT2D eigenvalue weighted by molar-refractivity contribution is 9.11. The average Bonchev–Trinajstić information content (AvgIpc) is 3.25. The van der Waals surface area contributed by atoms with Crippen LogP contribution in [0.1, 0.15) is 92.6 Å². The number of aliphatic hydroxyl groups excluding tert-OH is 1. The maximum atomic E-state index is 13.4. The second-order valence-electron chi connectivity index (χ2n) is 18.9. The Kier molecular flexibility index (Phi) is 16.9. The van der Waals surface area contributed by atoms with E-state index >= 15 is 0 Å². The Balaban J connectivity index is 1.56. The van der Waals surface area contributed by atoms with Crippen LogP contribution >= 0.6 is 15.9 Å². The summed E-state index contributed by atoms with van der Waals surface area (Å²) in [6.07, 6.45) is 5.13. The van der Waals surface area contributed by atoms with Gasteiger partial charge in [0, 0.05) is 30.8 Å². The number of halogens is 1. The van der Waals surface area contributed by atoms with E-state index in [1.165, 1.54) is 12.7 Å². The van der Waals surface area contributed by atoms with Crippen LogP contribution in [0.15, 0.2) is 108 Å². The summed E-state index contributed by atoms with van der Waals surface area (Å²) in [7, 11) is 1.69. The number of rotatable bonds is 18. The molecule has 61 heavy (non-hydrogen) atoms. The summed E-state index contributed by atoms with van der Waals surface area (Å²) in [5, 5.41) is 11.9. The number of hydrogen-bond donors (Lipinski definition) is 1. The molecule has 6 atom stereocenters. The van der Waals surface area contributed by atoms with Crippen LogP contribution in [-0.2, 0) is 39.5 Å². The molecule has 3 aromatic rings. The van der Waals surface area contributed by atoms with Crippen molar-refractivity contribution in [1.29, 1.82) is 0 Å². The predicted octanol–water partition coefficient (Wildman–Crippen LogP) is 9.43. The van der Waals surface area contributed by atoms with Crippen molar-refractivity contribution < 1.29 is 42.7 Å². The second-order valence-corrected chi connectivity index (χ2v) is 23.6. The van der Waals surface area contributed by atoms with E-state index in [0.29, 0.717) is 32.3 Å². The molecule has 0 bridgehead atoms. The molecule has 2 aliphatic rings. The Morgan fingerprint density at radius 1 is 0.918 bits per heavy atom. The van der Waals surface area contributed by atoms with E-state index in [0.717, 1.165) is 28.1 Å². The third kappa shape index (κ3) is 11.7. The van der Waals surface area contributed by atoms with Gasteiger partial charge in [-0.1, -0.05) is 155 Å². The Bertz CT molecular complexity index is 1850. The fourth-order valence-corrected chi connectivity index (χ4v) is 14.1. The topological polar surface area (TPSA) is 102 Å². The van der Waals surface area contributed by atoms with Gasteiger partial charge in [0.25, 0.3) is 8.32 Å². The van der Waals surface area contributed by atoms with Crippen LogP contribution in [0.2, 0.25) is 5.04 Å². The van der Waals surface area contributed by atoms with E-state index in [9.17, 15) is 9.90 Å². The zero-order valence-electron chi connectivity index (χ0n) is 37.9. The normalized spacial score (nSPS) is 24.8. The highest BCUT2D eigenvalue weighted by Crippen LogP contribution is 2.51. The number of ether oxygens (including phenoxy) is 6. The molecule has 0 unspecified atom stereocenters. The van der Waals surface area contributed by atoms with Crippen molar-refractivity contribution in [2.45, 2.75) is 135 Å².